The molecule has 0 atom stereocenters. The summed E-state index contributed by atoms with van der Waals surface area (Å²) in [4.78, 5) is 0. The van der Waals surface area contributed by atoms with Crippen LogP contribution >= 0.6 is 0 Å². The predicted octanol–water partition coefficient (Wildman–Crippen LogP) is -0.126. The second-order valence-electron chi connectivity index (χ2n) is 0.949. The Bertz CT molecular complexity index is 25.8. The average Bonchev–Trinajstić information content (AvgIpc) is 1.96. The fourth-order valence-corrected chi connectivity index (χ4v) is 0. The number of hydrogen-bond acceptors (Lipinski definition) is 4. The van der Waals surface area contributed by atoms with Crippen molar-refractivity contribution in [3.8, 4) is 0 Å². The van der Waals surface area contributed by atoms with E-state index >= 15 is 0 Å². The summed E-state index contributed by atoms with van der Waals surface area (Å²) in [5, 5.41) is 22.7. The van der Waals surface area contributed by atoms with Crippen molar-refractivity contribution in [2.75, 3.05) is 19.8 Å². The van der Waals surface area contributed by atoms with Gasteiger partial charge in [-0.1, -0.05) is 0 Å². The monoisotopic (exact) mass is 252 g/mol. The molecule has 0 spiro atoms. The van der Waals surface area contributed by atoms with Crippen molar-refractivity contribution in [3.05, 3.63) is 0 Å². The van der Waals surface area contributed by atoms with Gasteiger partial charge in [-0.15, -0.1) is 0 Å². The summed E-state index contributed by atoms with van der Waals surface area (Å²) >= 11 is 0.700. The SMILES string of the molecule is CCO.CCO.CCO.[O]=[Mo]. The molecular formula is C6H18MoO4. The molecular weight excluding hydrogens is 232 g/mol. The molecule has 0 amide bonds. The summed E-state index contributed by atoms with van der Waals surface area (Å²) in [6.07, 6.45) is 0. The Hall–Kier alpha value is 0.368. The molecule has 0 aromatic carbocycles. The summed E-state index contributed by atoms with van der Waals surface area (Å²) in [5.74, 6) is 0. The normalized spacial score (nSPS) is 5.27. The molecule has 11 heavy (non-hydrogen) atoms. The summed E-state index contributed by atoms with van der Waals surface area (Å²) in [7, 11) is 0. The molecule has 0 aromatic rings. The van der Waals surface area contributed by atoms with E-state index in [1.165, 1.54) is 0 Å². The van der Waals surface area contributed by atoms with Gasteiger partial charge in [0.1, 0.15) is 0 Å². The summed E-state index contributed by atoms with van der Waals surface area (Å²) in [6.45, 7) is 5.79. The van der Waals surface area contributed by atoms with Crippen LogP contribution in [0.5, 0.6) is 0 Å². The van der Waals surface area contributed by atoms with Gasteiger partial charge in [0.25, 0.3) is 0 Å². The summed E-state index contributed by atoms with van der Waals surface area (Å²) < 4.78 is 8.26. The molecule has 0 aromatic heterocycles. The van der Waals surface area contributed by atoms with Gasteiger partial charge in [0.2, 0.25) is 0 Å². The first-order valence-electron chi connectivity index (χ1n) is 3.24. The quantitative estimate of drug-likeness (QED) is 0.523. The van der Waals surface area contributed by atoms with Crippen molar-refractivity contribution in [1.82, 2.24) is 0 Å². The van der Waals surface area contributed by atoms with Gasteiger partial charge in [-0.05, 0) is 20.8 Å². The Kier molecular flexibility index (Phi) is 164. The Labute approximate surface area is 79.5 Å². The Balaban J connectivity index is -0.0000000301. The summed E-state index contributed by atoms with van der Waals surface area (Å²) in [5.41, 5.74) is 0. The zero-order chi connectivity index (χ0) is 10.1. The van der Waals surface area contributed by atoms with Crippen LogP contribution in [0.25, 0.3) is 0 Å². The summed E-state index contributed by atoms with van der Waals surface area (Å²) in [6, 6.07) is 0. The van der Waals surface area contributed by atoms with Crippen molar-refractivity contribution in [2.24, 2.45) is 0 Å². The van der Waals surface area contributed by atoms with Gasteiger partial charge in [-0.25, -0.2) is 0 Å². The number of rotatable bonds is 0. The van der Waals surface area contributed by atoms with Crippen LogP contribution in [-0.2, 0) is 23.2 Å². The first kappa shape index (κ1) is 22.5. The van der Waals surface area contributed by atoms with Crippen LogP contribution in [0.15, 0.2) is 0 Å². The molecule has 0 fully saturated rings. The standard InChI is InChI=1S/3C2H6O.Mo.O/c3*1-2-3;;/h3*3H,2H2,1H3;;. The molecule has 0 unspecified atom stereocenters. The molecule has 3 N–H and O–H groups in total. The molecule has 0 saturated carbocycles. The van der Waals surface area contributed by atoms with Crippen LogP contribution in [0, 0.1) is 0 Å². The van der Waals surface area contributed by atoms with Crippen molar-refractivity contribution in [1.29, 1.82) is 0 Å². The van der Waals surface area contributed by atoms with Crippen molar-refractivity contribution >= 4 is 0 Å². The minimum absolute atomic E-state index is 0.250. The van der Waals surface area contributed by atoms with Gasteiger partial charge in [0.15, 0.2) is 0 Å². The number of aliphatic hydroxyl groups excluding tert-OH is 3. The third kappa shape index (κ3) is 5350. The van der Waals surface area contributed by atoms with Gasteiger partial charge in [-0.3, -0.25) is 0 Å². The third-order valence-electron chi connectivity index (χ3n) is 0. The minimum atomic E-state index is 0.250. The topological polar surface area (TPSA) is 77.8 Å². The molecule has 4 nitrogen and oxygen atoms in total. The molecule has 0 bridgehead atoms. The van der Waals surface area contributed by atoms with E-state index in [2.05, 4.69) is 0 Å². The molecule has 0 heterocycles. The number of hydrogen-bond donors (Lipinski definition) is 3. The van der Waals surface area contributed by atoms with Crippen molar-refractivity contribution in [2.45, 2.75) is 20.8 Å². The zero-order valence-corrected chi connectivity index (χ0v) is 9.29. The molecule has 0 aliphatic rings. The average molecular weight is 250 g/mol. The van der Waals surface area contributed by atoms with Crippen molar-refractivity contribution < 1.29 is 38.5 Å². The second kappa shape index (κ2) is 80.2. The molecule has 0 aliphatic carbocycles. The zero-order valence-electron chi connectivity index (χ0n) is 7.28. The van der Waals surface area contributed by atoms with E-state index in [9.17, 15) is 0 Å². The van der Waals surface area contributed by atoms with E-state index in [1.54, 1.807) is 20.8 Å². The van der Waals surface area contributed by atoms with Gasteiger partial charge < -0.3 is 15.3 Å². The third-order valence-corrected chi connectivity index (χ3v) is 0. The fraction of sp³-hybridized carbons (Fsp3) is 1.00. The van der Waals surface area contributed by atoms with E-state index < -0.39 is 0 Å². The Morgan fingerprint density at radius 3 is 0.818 bits per heavy atom. The van der Waals surface area contributed by atoms with Crippen LogP contribution in [-0.4, -0.2) is 35.1 Å². The van der Waals surface area contributed by atoms with Gasteiger partial charge in [0.05, 0.1) is 0 Å². The Morgan fingerprint density at radius 2 is 0.818 bits per heavy atom. The van der Waals surface area contributed by atoms with Crippen LogP contribution in [0.1, 0.15) is 20.8 Å². The van der Waals surface area contributed by atoms with E-state index in [-0.39, 0.29) is 19.8 Å². The maximum absolute atomic E-state index is 8.26. The van der Waals surface area contributed by atoms with E-state index in [1.807, 2.05) is 0 Å². The van der Waals surface area contributed by atoms with Gasteiger partial charge in [0, 0.05) is 19.8 Å². The van der Waals surface area contributed by atoms with Crippen LogP contribution in [0.4, 0.5) is 0 Å². The van der Waals surface area contributed by atoms with Crippen molar-refractivity contribution in [3.63, 3.8) is 0 Å². The molecule has 0 aliphatic heterocycles. The molecule has 0 rings (SSSR count). The fourth-order valence-electron chi connectivity index (χ4n) is 0. The van der Waals surface area contributed by atoms with Gasteiger partial charge in [-0.2, -0.15) is 0 Å². The molecule has 5 heteroatoms. The second-order valence-corrected chi connectivity index (χ2v) is 0.949. The first-order chi connectivity index (χ1) is 5.24. The molecule has 72 valence electrons. The molecule has 0 radical (unpaired) electrons. The van der Waals surface area contributed by atoms with Crippen LogP contribution in [0.2, 0.25) is 0 Å². The Morgan fingerprint density at radius 1 is 0.818 bits per heavy atom. The number of aliphatic hydroxyl groups is 3. The molecule has 0 saturated heterocycles. The van der Waals surface area contributed by atoms with Gasteiger partial charge >= 0.3 is 23.2 Å². The first-order valence-corrected chi connectivity index (χ1v) is 4.06. The van der Waals surface area contributed by atoms with E-state index in [0.29, 0.717) is 19.8 Å². The maximum atomic E-state index is 8.26. The predicted molar refractivity (Wildman–Crippen MR) is 39.0 cm³/mol. The van der Waals surface area contributed by atoms with E-state index in [4.69, 9.17) is 18.7 Å². The van der Waals surface area contributed by atoms with Crippen LogP contribution < -0.4 is 0 Å². The van der Waals surface area contributed by atoms with Crippen LogP contribution in [0.3, 0.4) is 0 Å². The van der Waals surface area contributed by atoms with E-state index in [0.717, 1.165) is 0 Å².